The molecular weight excluding hydrogens is 422 g/mol. The van der Waals surface area contributed by atoms with Crippen LogP contribution in [-0.4, -0.2) is 53.7 Å². The molecule has 1 saturated heterocycles. The van der Waals surface area contributed by atoms with Crippen molar-refractivity contribution in [3.05, 3.63) is 62.1 Å². The molecule has 0 aliphatic carbocycles. The lowest BCUT2D eigenvalue weighted by atomic mass is 9.88. The fourth-order valence-electron chi connectivity index (χ4n) is 4.13. The third kappa shape index (κ3) is 4.15. The van der Waals surface area contributed by atoms with E-state index >= 15 is 0 Å². The number of amides is 1. The quantitative estimate of drug-likeness (QED) is 0.627. The molecule has 2 aromatic heterocycles. The Kier molecular flexibility index (Phi) is 5.49. The number of nitrogens with one attached hydrogen (secondary N) is 1. The second-order valence-corrected chi connectivity index (χ2v) is 8.64. The number of H-pyrrole nitrogens is 1. The summed E-state index contributed by atoms with van der Waals surface area (Å²) in [4.78, 5) is 45.0. The van der Waals surface area contributed by atoms with Crippen molar-refractivity contribution in [2.75, 3.05) is 13.1 Å². The summed E-state index contributed by atoms with van der Waals surface area (Å²) in [6.07, 6.45) is 2.39. The highest BCUT2D eigenvalue weighted by Crippen LogP contribution is 2.31. The van der Waals surface area contributed by atoms with E-state index in [1.807, 2.05) is 17.7 Å². The minimum Gasteiger partial charge on any atom is -0.388 e. The van der Waals surface area contributed by atoms with Gasteiger partial charge in [0.15, 0.2) is 0 Å². The minimum absolute atomic E-state index is 0.0805. The van der Waals surface area contributed by atoms with E-state index in [0.29, 0.717) is 24.4 Å². The molecule has 0 bridgehead atoms. The maximum atomic E-state index is 12.9. The van der Waals surface area contributed by atoms with E-state index in [1.165, 1.54) is 16.8 Å². The van der Waals surface area contributed by atoms with Crippen molar-refractivity contribution in [1.29, 1.82) is 0 Å². The molecule has 3 aromatic rings. The molecule has 1 aliphatic rings. The Labute approximate surface area is 182 Å². The number of benzene rings is 1. The molecule has 1 aliphatic heterocycles. The first kappa shape index (κ1) is 21.3. The van der Waals surface area contributed by atoms with E-state index in [1.54, 1.807) is 24.0 Å². The van der Waals surface area contributed by atoms with Gasteiger partial charge in [-0.1, -0.05) is 11.6 Å². The van der Waals surface area contributed by atoms with Crippen molar-refractivity contribution in [3.63, 3.8) is 0 Å². The third-order valence-electron chi connectivity index (χ3n) is 6.04. The molecule has 2 atom stereocenters. The molecule has 0 saturated carbocycles. The largest absolute Gasteiger partial charge is 0.388 e. The molecule has 2 N–H and O–H groups in total. The first-order chi connectivity index (χ1) is 14.7. The summed E-state index contributed by atoms with van der Waals surface area (Å²) in [7, 11) is 1.90. The molecule has 0 spiro atoms. The van der Waals surface area contributed by atoms with E-state index in [-0.39, 0.29) is 18.9 Å². The monoisotopic (exact) mass is 445 g/mol. The topological polar surface area (TPSA) is 113 Å². The molecule has 1 amide bonds. The average Bonchev–Trinajstić information content (AvgIpc) is 3.01. The zero-order chi connectivity index (χ0) is 22.3. The summed E-state index contributed by atoms with van der Waals surface area (Å²) in [6.45, 7) is 2.20. The normalized spacial score (nSPS) is 21.5. The molecule has 10 heteroatoms. The van der Waals surface area contributed by atoms with Gasteiger partial charge in [-0.15, -0.1) is 0 Å². The van der Waals surface area contributed by atoms with Crippen molar-refractivity contribution in [2.24, 2.45) is 7.05 Å². The van der Waals surface area contributed by atoms with Crippen LogP contribution in [0.3, 0.4) is 0 Å². The molecule has 1 aromatic carbocycles. The maximum Gasteiger partial charge on any atom is 0.328 e. The number of fused-ring (bicyclic) bond motifs is 1. The van der Waals surface area contributed by atoms with Crippen LogP contribution in [0.4, 0.5) is 0 Å². The first-order valence-corrected chi connectivity index (χ1v) is 10.5. The van der Waals surface area contributed by atoms with Gasteiger partial charge in [0.05, 0.1) is 22.7 Å². The van der Waals surface area contributed by atoms with Gasteiger partial charge in [-0.25, -0.2) is 9.78 Å². The van der Waals surface area contributed by atoms with Gasteiger partial charge in [0, 0.05) is 50.3 Å². The summed E-state index contributed by atoms with van der Waals surface area (Å²) >= 11 is 6.04. The van der Waals surface area contributed by atoms with Crippen molar-refractivity contribution in [2.45, 2.75) is 37.8 Å². The fourth-order valence-corrected chi connectivity index (χ4v) is 4.30. The fraction of sp³-hybridized carbons (Fsp3) is 0.429. The van der Waals surface area contributed by atoms with Crippen LogP contribution < -0.4 is 11.2 Å². The van der Waals surface area contributed by atoms with E-state index in [4.69, 9.17) is 11.6 Å². The van der Waals surface area contributed by atoms with Gasteiger partial charge in [-0.2, -0.15) is 0 Å². The van der Waals surface area contributed by atoms with Crippen LogP contribution >= 0.6 is 11.6 Å². The molecule has 0 radical (unpaired) electrons. The Morgan fingerprint density at radius 2 is 2.13 bits per heavy atom. The number of aromatic amines is 1. The number of hydrogen-bond donors (Lipinski definition) is 2. The maximum absolute atomic E-state index is 12.9. The molecule has 164 valence electrons. The lowest BCUT2D eigenvalue weighted by Gasteiger charge is -2.43. The Balaban J connectivity index is 1.49. The number of hydrogen-bond acceptors (Lipinski definition) is 5. The minimum atomic E-state index is -1.19. The van der Waals surface area contributed by atoms with Gasteiger partial charge in [0.25, 0.3) is 5.56 Å². The Bertz CT molecular complexity index is 1260. The van der Waals surface area contributed by atoms with E-state index in [9.17, 15) is 19.5 Å². The second kappa shape index (κ2) is 7.97. The Morgan fingerprint density at radius 3 is 2.87 bits per heavy atom. The number of imidazole rings is 1. The number of likely N-dealkylation sites (tertiary alicyclic amines) is 1. The van der Waals surface area contributed by atoms with E-state index < -0.39 is 22.9 Å². The lowest BCUT2D eigenvalue weighted by Crippen LogP contribution is -2.55. The highest BCUT2D eigenvalue weighted by molar-refractivity contribution is 6.31. The van der Waals surface area contributed by atoms with Crippen molar-refractivity contribution in [3.8, 4) is 0 Å². The summed E-state index contributed by atoms with van der Waals surface area (Å²) < 4.78 is 3.23. The molecule has 1 fully saturated rings. The zero-order valence-corrected chi connectivity index (χ0v) is 18.1. The molecule has 3 heterocycles. The van der Waals surface area contributed by atoms with Crippen molar-refractivity contribution >= 4 is 28.5 Å². The summed E-state index contributed by atoms with van der Waals surface area (Å²) in [5, 5.41) is 11.4. The summed E-state index contributed by atoms with van der Waals surface area (Å²) in [5.41, 5.74) is -0.573. The van der Waals surface area contributed by atoms with Crippen LogP contribution in [0.25, 0.3) is 11.0 Å². The third-order valence-corrected chi connectivity index (χ3v) is 6.27. The number of aryl methyl sites for hydroxylation is 2. The van der Waals surface area contributed by atoms with Gasteiger partial charge in [0.2, 0.25) is 5.91 Å². The second-order valence-electron chi connectivity index (χ2n) is 8.20. The number of piperidine rings is 1. The molecular formula is C21H24ClN5O4. The van der Waals surface area contributed by atoms with E-state index in [0.717, 1.165) is 16.9 Å². The number of carbonyl (C=O) groups excluding carboxylic acids is 1. The van der Waals surface area contributed by atoms with Gasteiger partial charge in [0.1, 0.15) is 5.82 Å². The molecule has 4 rings (SSSR count). The average molecular weight is 446 g/mol. The standard InChI is InChI=1S/C21H24ClN5O4/c1-21(31)8-10-26(12-16(21)27-9-7-18(28)24-20(27)30)19(29)6-5-17-23-14-11-13(22)3-4-15(14)25(17)2/h3-4,7,9,11,16,31H,5-6,8,10,12H2,1-2H3,(H,24,28,30)/t16-,21-/m1/s1. The van der Waals surface area contributed by atoms with Crippen LogP contribution in [0.5, 0.6) is 0 Å². The lowest BCUT2D eigenvalue weighted by molar-refractivity contribution is -0.138. The summed E-state index contributed by atoms with van der Waals surface area (Å²) in [5.74, 6) is 0.700. The number of rotatable bonds is 4. The predicted octanol–water partition coefficient (Wildman–Crippen LogP) is 1.23. The number of aliphatic hydroxyl groups is 1. The zero-order valence-electron chi connectivity index (χ0n) is 17.3. The molecule has 9 nitrogen and oxygen atoms in total. The molecule has 0 unspecified atom stereocenters. The highest BCUT2D eigenvalue weighted by Gasteiger charge is 2.40. The van der Waals surface area contributed by atoms with Gasteiger partial charge < -0.3 is 14.6 Å². The smallest absolute Gasteiger partial charge is 0.328 e. The van der Waals surface area contributed by atoms with Gasteiger partial charge in [-0.05, 0) is 31.5 Å². The van der Waals surface area contributed by atoms with Crippen LogP contribution in [0.15, 0.2) is 40.1 Å². The van der Waals surface area contributed by atoms with Crippen LogP contribution in [0.1, 0.15) is 31.6 Å². The van der Waals surface area contributed by atoms with Gasteiger partial charge >= 0.3 is 5.69 Å². The number of aromatic nitrogens is 4. The van der Waals surface area contributed by atoms with Crippen LogP contribution in [0, 0.1) is 0 Å². The predicted molar refractivity (Wildman–Crippen MR) is 116 cm³/mol. The Hall–Kier alpha value is -2.91. The van der Waals surface area contributed by atoms with Crippen molar-refractivity contribution in [1.82, 2.24) is 24.0 Å². The number of halogens is 1. The number of carbonyl (C=O) groups is 1. The van der Waals surface area contributed by atoms with Gasteiger partial charge in [-0.3, -0.25) is 19.1 Å². The summed E-state index contributed by atoms with van der Waals surface area (Å²) in [6, 6.07) is 6.07. The highest BCUT2D eigenvalue weighted by atomic mass is 35.5. The van der Waals surface area contributed by atoms with Crippen LogP contribution in [-0.2, 0) is 18.3 Å². The first-order valence-electron chi connectivity index (χ1n) is 10.1. The SMILES string of the molecule is Cn1c(CCC(=O)N2CC[C@@](C)(O)[C@H](n3ccc(=O)[nH]c3=O)C2)nc2cc(Cl)ccc21. The van der Waals surface area contributed by atoms with Crippen molar-refractivity contribution < 1.29 is 9.90 Å². The Morgan fingerprint density at radius 1 is 1.35 bits per heavy atom. The van der Waals surface area contributed by atoms with Crippen LogP contribution in [0.2, 0.25) is 5.02 Å². The molecule has 31 heavy (non-hydrogen) atoms. The number of nitrogens with zero attached hydrogens (tertiary/aromatic N) is 4. The van der Waals surface area contributed by atoms with E-state index in [2.05, 4.69) is 9.97 Å².